The molecule has 0 spiro atoms. The van der Waals surface area contributed by atoms with Gasteiger partial charge in [0.15, 0.2) is 11.6 Å². The predicted octanol–water partition coefficient (Wildman–Crippen LogP) is 3.90. The Kier molecular flexibility index (Phi) is 5.35. The maximum absolute atomic E-state index is 13.7. The van der Waals surface area contributed by atoms with Crippen molar-refractivity contribution in [3.8, 4) is 5.75 Å². The number of hydrogen-bond donors (Lipinski definition) is 1. The van der Waals surface area contributed by atoms with Gasteiger partial charge in [-0.25, -0.2) is 8.78 Å². The lowest BCUT2D eigenvalue weighted by molar-refractivity contribution is 0.0867. The van der Waals surface area contributed by atoms with E-state index in [1.165, 1.54) is 0 Å². The summed E-state index contributed by atoms with van der Waals surface area (Å²) >= 11 is 0. The lowest BCUT2D eigenvalue weighted by atomic mass is 9.85. The Morgan fingerprint density at radius 2 is 2.10 bits per heavy atom. The summed E-state index contributed by atoms with van der Waals surface area (Å²) in [6.45, 7) is 5.21. The summed E-state index contributed by atoms with van der Waals surface area (Å²) in [5.74, 6) is -0.397. The standard InChI is InChI=1S/C16H23F2NO/c1-3-8-19-14-7-4-11(2)9-16(14)20-15-10-12(17)5-6-13(15)18/h5-6,10-11,14,16,19H,3-4,7-9H2,1-2H3. The van der Waals surface area contributed by atoms with Crippen molar-refractivity contribution in [1.29, 1.82) is 0 Å². The fraction of sp³-hybridized carbons (Fsp3) is 0.625. The van der Waals surface area contributed by atoms with Gasteiger partial charge in [0.1, 0.15) is 11.9 Å². The van der Waals surface area contributed by atoms with Crippen molar-refractivity contribution in [3.63, 3.8) is 0 Å². The zero-order valence-corrected chi connectivity index (χ0v) is 12.2. The zero-order valence-electron chi connectivity index (χ0n) is 12.2. The van der Waals surface area contributed by atoms with E-state index in [-0.39, 0.29) is 17.9 Å². The maximum atomic E-state index is 13.7. The van der Waals surface area contributed by atoms with Crippen LogP contribution < -0.4 is 10.1 Å². The highest BCUT2D eigenvalue weighted by molar-refractivity contribution is 5.25. The van der Waals surface area contributed by atoms with Gasteiger partial charge in [0.2, 0.25) is 0 Å². The third kappa shape index (κ3) is 3.92. The number of halogens is 2. The van der Waals surface area contributed by atoms with Gasteiger partial charge in [-0.15, -0.1) is 0 Å². The van der Waals surface area contributed by atoms with Gasteiger partial charge in [-0.2, -0.15) is 0 Å². The second-order valence-electron chi connectivity index (χ2n) is 5.71. The molecule has 1 aromatic rings. The molecular weight excluding hydrogens is 260 g/mol. The lowest BCUT2D eigenvalue weighted by Crippen LogP contribution is -2.47. The summed E-state index contributed by atoms with van der Waals surface area (Å²) in [7, 11) is 0. The smallest absolute Gasteiger partial charge is 0.165 e. The van der Waals surface area contributed by atoms with Gasteiger partial charge in [-0.3, -0.25) is 0 Å². The Hall–Kier alpha value is -1.16. The average molecular weight is 283 g/mol. The van der Waals surface area contributed by atoms with Gasteiger partial charge in [-0.1, -0.05) is 13.8 Å². The number of nitrogens with one attached hydrogen (secondary N) is 1. The van der Waals surface area contributed by atoms with Crippen LogP contribution in [0.2, 0.25) is 0 Å². The molecule has 0 bridgehead atoms. The van der Waals surface area contributed by atoms with E-state index in [1.807, 2.05) is 0 Å². The van der Waals surface area contributed by atoms with Gasteiger partial charge >= 0.3 is 0 Å². The summed E-state index contributed by atoms with van der Waals surface area (Å²) in [6, 6.07) is 3.57. The molecule has 3 atom stereocenters. The molecule has 1 aliphatic carbocycles. The van der Waals surface area contributed by atoms with E-state index >= 15 is 0 Å². The summed E-state index contributed by atoms with van der Waals surface area (Å²) in [6.07, 6.45) is 3.99. The molecular formula is C16H23F2NO. The van der Waals surface area contributed by atoms with Crippen molar-refractivity contribution >= 4 is 0 Å². The molecule has 3 unspecified atom stereocenters. The van der Waals surface area contributed by atoms with Crippen molar-refractivity contribution in [1.82, 2.24) is 5.32 Å². The minimum absolute atomic E-state index is 0.0207. The summed E-state index contributed by atoms with van der Waals surface area (Å²) in [5.41, 5.74) is 0. The SMILES string of the molecule is CCCNC1CCC(C)CC1Oc1cc(F)ccc1F. The van der Waals surface area contributed by atoms with Crippen LogP contribution in [0.25, 0.3) is 0 Å². The molecule has 4 heteroatoms. The van der Waals surface area contributed by atoms with Crippen LogP contribution in [-0.2, 0) is 0 Å². The first-order valence-electron chi connectivity index (χ1n) is 7.45. The number of hydrogen-bond acceptors (Lipinski definition) is 2. The quantitative estimate of drug-likeness (QED) is 0.885. The molecule has 0 aromatic heterocycles. The van der Waals surface area contributed by atoms with Crippen molar-refractivity contribution < 1.29 is 13.5 Å². The number of benzene rings is 1. The molecule has 1 fully saturated rings. The van der Waals surface area contributed by atoms with Crippen molar-refractivity contribution in [2.75, 3.05) is 6.54 Å². The Balaban J connectivity index is 2.08. The van der Waals surface area contributed by atoms with Crippen LogP contribution >= 0.6 is 0 Å². The van der Waals surface area contributed by atoms with E-state index in [2.05, 4.69) is 19.2 Å². The van der Waals surface area contributed by atoms with E-state index in [9.17, 15) is 8.78 Å². The molecule has 0 radical (unpaired) electrons. The van der Waals surface area contributed by atoms with Crippen LogP contribution in [0.3, 0.4) is 0 Å². The van der Waals surface area contributed by atoms with Crippen LogP contribution in [0.4, 0.5) is 8.78 Å². The Morgan fingerprint density at radius 3 is 2.85 bits per heavy atom. The van der Waals surface area contributed by atoms with E-state index < -0.39 is 11.6 Å². The third-order valence-corrected chi connectivity index (χ3v) is 3.88. The minimum atomic E-state index is -0.501. The predicted molar refractivity (Wildman–Crippen MR) is 75.9 cm³/mol. The Morgan fingerprint density at radius 1 is 1.30 bits per heavy atom. The molecule has 20 heavy (non-hydrogen) atoms. The van der Waals surface area contributed by atoms with Crippen LogP contribution in [0.15, 0.2) is 18.2 Å². The maximum Gasteiger partial charge on any atom is 0.165 e. The molecule has 1 aromatic carbocycles. The van der Waals surface area contributed by atoms with E-state index in [0.29, 0.717) is 5.92 Å². The number of ether oxygens (including phenoxy) is 1. The monoisotopic (exact) mass is 283 g/mol. The largest absolute Gasteiger partial charge is 0.486 e. The normalized spacial score (nSPS) is 26.5. The molecule has 2 nitrogen and oxygen atoms in total. The highest BCUT2D eigenvalue weighted by Crippen LogP contribution is 2.29. The van der Waals surface area contributed by atoms with Crippen molar-refractivity contribution in [2.24, 2.45) is 5.92 Å². The molecule has 0 heterocycles. The molecule has 112 valence electrons. The first-order chi connectivity index (χ1) is 9.60. The highest BCUT2D eigenvalue weighted by atomic mass is 19.1. The van der Waals surface area contributed by atoms with E-state index in [0.717, 1.165) is 50.4 Å². The van der Waals surface area contributed by atoms with E-state index in [4.69, 9.17) is 4.74 Å². The van der Waals surface area contributed by atoms with Gasteiger partial charge in [0, 0.05) is 12.1 Å². The van der Waals surface area contributed by atoms with Crippen LogP contribution in [-0.4, -0.2) is 18.7 Å². The first-order valence-corrected chi connectivity index (χ1v) is 7.45. The summed E-state index contributed by atoms with van der Waals surface area (Å²) in [4.78, 5) is 0. The summed E-state index contributed by atoms with van der Waals surface area (Å²) in [5, 5.41) is 3.46. The van der Waals surface area contributed by atoms with Crippen LogP contribution in [0.1, 0.15) is 39.5 Å². The zero-order chi connectivity index (χ0) is 14.5. The fourth-order valence-electron chi connectivity index (χ4n) is 2.75. The van der Waals surface area contributed by atoms with E-state index in [1.54, 1.807) is 0 Å². The van der Waals surface area contributed by atoms with Crippen LogP contribution in [0.5, 0.6) is 5.75 Å². The second kappa shape index (κ2) is 7.02. The van der Waals surface area contributed by atoms with Crippen molar-refractivity contribution in [3.05, 3.63) is 29.8 Å². The molecule has 1 N–H and O–H groups in total. The van der Waals surface area contributed by atoms with Crippen molar-refractivity contribution in [2.45, 2.75) is 51.7 Å². The second-order valence-corrected chi connectivity index (χ2v) is 5.71. The average Bonchev–Trinajstić information content (AvgIpc) is 2.42. The molecule has 2 rings (SSSR count). The molecule has 0 amide bonds. The number of rotatable bonds is 5. The lowest BCUT2D eigenvalue weighted by Gasteiger charge is -2.35. The highest BCUT2D eigenvalue weighted by Gasteiger charge is 2.30. The van der Waals surface area contributed by atoms with Gasteiger partial charge < -0.3 is 10.1 Å². The van der Waals surface area contributed by atoms with Crippen LogP contribution in [0, 0.1) is 17.6 Å². The molecule has 1 saturated carbocycles. The minimum Gasteiger partial charge on any atom is -0.486 e. The Labute approximate surface area is 119 Å². The Bertz CT molecular complexity index is 436. The topological polar surface area (TPSA) is 21.3 Å². The van der Waals surface area contributed by atoms with Gasteiger partial charge in [0.25, 0.3) is 0 Å². The van der Waals surface area contributed by atoms with Gasteiger partial charge in [-0.05, 0) is 50.3 Å². The molecule has 1 aliphatic rings. The first kappa shape index (κ1) is 15.2. The molecule has 0 aliphatic heterocycles. The summed E-state index contributed by atoms with van der Waals surface area (Å²) < 4.78 is 32.7. The third-order valence-electron chi connectivity index (χ3n) is 3.88. The van der Waals surface area contributed by atoms with Gasteiger partial charge in [0.05, 0.1) is 0 Å². The molecule has 0 saturated heterocycles. The fourth-order valence-corrected chi connectivity index (χ4v) is 2.75.